The molecule has 1 saturated heterocycles. The van der Waals surface area contributed by atoms with Crippen molar-refractivity contribution < 1.29 is 21.5 Å². The van der Waals surface area contributed by atoms with E-state index < -0.39 is 15.2 Å². The number of hydrogen-bond donors (Lipinski definition) is 1. The molecule has 0 radical (unpaired) electrons. The number of carbonyl (C=O) groups is 1. The first-order valence-electron chi connectivity index (χ1n) is 8.06. The van der Waals surface area contributed by atoms with E-state index in [1.54, 1.807) is 0 Å². The number of methoxy groups -OCH3 is 1. The topological polar surface area (TPSA) is 56.8 Å². The second kappa shape index (κ2) is 8.28. The predicted octanol–water partition coefficient (Wildman–Crippen LogP) is 1.85. The van der Waals surface area contributed by atoms with E-state index >= 15 is 0 Å². The van der Waals surface area contributed by atoms with Gasteiger partial charge in [-0.2, -0.15) is 0 Å². The Morgan fingerprint density at radius 1 is 1.40 bits per heavy atom. The lowest BCUT2D eigenvalue weighted by molar-refractivity contribution is -0.154. The van der Waals surface area contributed by atoms with Crippen molar-refractivity contribution >= 4 is 14.1 Å². The molecule has 0 aliphatic carbocycles. The van der Waals surface area contributed by atoms with Crippen molar-refractivity contribution in [1.82, 2.24) is 5.32 Å². The van der Waals surface area contributed by atoms with Crippen molar-refractivity contribution in [1.29, 1.82) is 0 Å². The van der Waals surface area contributed by atoms with Gasteiger partial charge in [-0.05, 0) is 25.2 Å². The third-order valence-corrected chi connectivity index (χ3v) is 4.53. The average Bonchev–Trinajstić information content (AvgIpc) is 2.41. The van der Waals surface area contributed by atoms with Crippen molar-refractivity contribution in [2.75, 3.05) is 33.6 Å². The third-order valence-electron chi connectivity index (χ3n) is 3.86. The van der Waals surface area contributed by atoms with Crippen molar-refractivity contribution in [3.8, 4) is 0 Å². The monoisotopic (exact) mass is 308 g/mol. The molecule has 20 heavy (non-hydrogen) atoms. The molecule has 1 fully saturated rings. The molecule has 118 valence electrons. The molecule has 1 amide bonds. The quantitative estimate of drug-likeness (QED) is 0.761. The highest BCUT2D eigenvalue weighted by Gasteiger charge is 2.41. The maximum Gasteiger partial charge on any atom is 0.217 e. The summed E-state index contributed by atoms with van der Waals surface area (Å²) in [7, 11) is -1.82. The summed E-state index contributed by atoms with van der Waals surface area (Å²) in [6, 6.07) is -0.110. The Kier molecular flexibility index (Phi) is 6.09. The van der Waals surface area contributed by atoms with Crippen LogP contribution in [0.2, 0.25) is 0 Å². The summed E-state index contributed by atoms with van der Waals surface area (Å²) in [5, 5.41) is 2.97. The average molecular weight is 308 g/mol. The Balaban J connectivity index is 2.77. The predicted molar refractivity (Wildman–Crippen MR) is 81.2 cm³/mol. The molecule has 0 saturated carbocycles. The van der Waals surface area contributed by atoms with Gasteiger partial charge in [0.2, 0.25) is 5.91 Å². The number of amides is 1. The van der Waals surface area contributed by atoms with Crippen LogP contribution < -0.4 is 5.32 Å². The fraction of sp³-hybridized carbons (Fsp3) is 0.929. The van der Waals surface area contributed by atoms with Gasteiger partial charge in [-0.3, -0.25) is 4.79 Å². The van der Waals surface area contributed by atoms with Gasteiger partial charge in [0, 0.05) is 22.1 Å². The molecule has 0 bridgehead atoms. The van der Waals surface area contributed by atoms with E-state index in [1.165, 1.54) is 6.92 Å². The number of hydrogen-bond acceptors (Lipinski definition) is 4. The van der Waals surface area contributed by atoms with Gasteiger partial charge >= 0.3 is 0 Å². The van der Waals surface area contributed by atoms with Crippen LogP contribution in [-0.2, 0) is 18.8 Å². The molecule has 0 aromatic rings. The molecule has 1 aliphatic rings. The Bertz CT molecular complexity index is 360. The standard InChI is InChI=1S/C14H28NO4P/c1-9-10(2)14(15-11(3)16)13(8-18-20(5)6)19-12(9)7-17-4/h9-10,12-14H,7-8H2,1-6H3,(H,15,16)/t9-,10+,12+,13-,14-/m0/s1/i4TD/t4?,9-,10+,12+,13-,14-. The van der Waals surface area contributed by atoms with Crippen LogP contribution in [0.15, 0.2) is 0 Å². The van der Waals surface area contributed by atoms with Gasteiger partial charge in [0.05, 0.1) is 28.1 Å². The largest absolute Gasteiger partial charge is 0.382 e. The molecule has 0 spiro atoms. The number of carbonyl (C=O) groups excluding carboxylic acids is 1. The summed E-state index contributed by atoms with van der Waals surface area (Å²) in [6.45, 7) is 10.3. The van der Waals surface area contributed by atoms with E-state index in [0.717, 1.165) is 0 Å². The molecule has 1 aliphatic heterocycles. The lowest BCUT2D eigenvalue weighted by Crippen LogP contribution is -2.58. The maximum absolute atomic E-state index is 11.5. The summed E-state index contributed by atoms with van der Waals surface area (Å²) in [6.07, 6.45) is -0.449. The van der Waals surface area contributed by atoms with E-state index in [2.05, 4.69) is 12.2 Å². The van der Waals surface area contributed by atoms with Gasteiger partial charge in [-0.1, -0.05) is 13.8 Å². The van der Waals surface area contributed by atoms with Crippen LogP contribution in [0, 0.1) is 11.8 Å². The fourth-order valence-electron chi connectivity index (χ4n) is 2.55. The molecular formula is C14H28NO4P. The zero-order valence-corrected chi connectivity index (χ0v) is 13.9. The van der Waals surface area contributed by atoms with Gasteiger partial charge < -0.3 is 19.3 Å². The van der Waals surface area contributed by atoms with Gasteiger partial charge in [0.15, 0.2) is 0 Å². The van der Waals surface area contributed by atoms with E-state index in [9.17, 15) is 4.79 Å². The van der Waals surface area contributed by atoms with Gasteiger partial charge in [0.25, 0.3) is 0 Å². The fourth-order valence-corrected chi connectivity index (χ4v) is 2.99. The van der Waals surface area contributed by atoms with Crippen molar-refractivity contribution in [3.63, 3.8) is 0 Å². The van der Waals surface area contributed by atoms with Gasteiger partial charge in [-0.25, -0.2) is 0 Å². The van der Waals surface area contributed by atoms with Gasteiger partial charge in [0.1, 0.15) is 6.10 Å². The first kappa shape index (κ1) is 14.7. The van der Waals surface area contributed by atoms with Crippen LogP contribution >= 0.6 is 8.15 Å². The zero-order valence-electron chi connectivity index (χ0n) is 15.0. The van der Waals surface area contributed by atoms with Crippen LogP contribution in [0.5, 0.6) is 0 Å². The van der Waals surface area contributed by atoms with Crippen LogP contribution in [0.1, 0.15) is 23.5 Å². The van der Waals surface area contributed by atoms with Crippen molar-refractivity contribution in [2.24, 2.45) is 11.8 Å². The minimum atomic E-state index is -1.31. The molecule has 6 atom stereocenters. The van der Waals surface area contributed by atoms with E-state index in [-0.39, 0.29) is 42.6 Å². The van der Waals surface area contributed by atoms with Crippen molar-refractivity contribution in [2.45, 2.75) is 39.0 Å². The molecular weight excluding hydrogens is 277 g/mol. The van der Waals surface area contributed by atoms with Crippen LogP contribution in [0.25, 0.3) is 0 Å². The zero-order chi connectivity index (χ0) is 16.9. The van der Waals surface area contributed by atoms with Crippen LogP contribution in [0.3, 0.4) is 0 Å². The Morgan fingerprint density at radius 2 is 2.10 bits per heavy atom. The SMILES string of the molecule is [2H]C([3H])OC[C@H]1O[C@@H](COP(C)C)[C@@H](NC(C)=O)[C@H](C)[C@@H]1C. The van der Waals surface area contributed by atoms with Crippen LogP contribution in [0.4, 0.5) is 0 Å². The number of ether oxygens (including phenoxy) is 2. The highest BCUT2D eigenvalue weighted by molar-refractivity contribution is 7.50. The molecule has 1 heterocycles. The highest BCUT2D eigenvalue weighted by atomic mass is 31.1. The van der Waals surface area contributed by atoms with E-state index in [0.29, 0.717) is 6.61 Å². The normalized spacial score (nSPS) is 37.2. The van der Waals surface area contributed by atoms with Crippen LogP contribution in [-0.4, -0.2) is 57.8 Å². The minimum absolute atomic E-state index is 0.0833. The lowest BCUT2D eigenvalue weighted by Gasteiger charge is -2.45. The smallest absolute Gasteiger partial charge is 0.217 e. The first-order valence-corrected chi connectivity index (χ1v) is 9.06. The Morgan fingerprint density at radius 3 is 2.65 bits per heavy atom. The summed E-state index contributed by atoms with van der Waals surface area (Å²) in [5.41, 5.74) is 0. The van der Waals surface area contributed by atoms with E-state index in [1.807, 2.05) is 20.3 Å². The molecule has 1 rings (SSSR count). The Labute approximate surface area is 126 Å². The first-order chi connectivity index (χ1) is 10.2. The maximum atomic E-state index is 11.5. The number of nitrogens with one attached hydrogen (secondary N) is 1. The lowest BCUT2D eigenvalue weighted by atomic mass is 9.80. The summed E-state index contributed by atoms with van der Waals surface area (Å²) in [4.78, 5) is 11.5. The molecule has 6 heteroatoms. The molecule has 0 aromatic carbocycles. The summed E-state index contributed by atoms with van der Waals surface area (Å²) in [5.74, 6) is 0.256. The van der Waals surface area contributed by atoms with Gasteiger partial charge in [-0.15, -0.1) is 0 Å². The molecule has 1 unspecified atom stereocenters. The minimum Gasteiger partial charge on any atom is -0.382 e. The summed E-state index contributed by atoms with van der Waals surface area (Å²) >= 11 is 0. The molecule has 5 nitrogen and oxygen atoms in total. The van der Waals surface area contributed by atoms with E-state index in [4.69, 9.17) is 16.7 Å². The molecule has 0 aromatic heterocycles. The third kappa shape index (κ3) is 4.96. The second-order valence-corrected chi connectivity index (χ2v) is 7.48. The second-order valence-electron chi connectivity index (χ2n) is 5.60. The van der Waals surface area contributed by atoms with Crippen molar-refractivity contribution in [3.05, 3.63) is 0 Å². The highest BCUT2D eigenvalue weighted by Crippen LogP contribution is 2.33. The molecule has 1 N–H and O–H groups in total. The Hall–Kier alpha value is -0.220. The number of rotatable bonds is 6. The summed E-state index contributed by atoms with van der Waals surface area (Å²) < 4.78 is 31.1.